The van der Waals surface area contributed by atoms with E-state index in [0.717, 1.165) is 22.4 Å². The topological polar surface area (TPSA) is 79.8 Å². The van der Waals surface area contributed by atoms with Gasteiger partial charge in [0.15, 0.2) is 10.2 Å². The van der Waals surface area contributed by atoms with E-state index in [0.29, 0.717) is 15.9 Å². The Hall–Kier alpha value is -1.09. The summed E-state index contributed by atoms with van der Waals surface area (Å²) < 4.78 is 0.726. The Morgan fingerprint density at radius 2 is 2.23 bits per heavy atom. The molecule has 10 heteroatoms. The van der Waals surface area contributed by atoms with Crippen LogP contribution in [-0.2, 0) is 4.79 Å². The van der Waals surface area contributed by atoms with Crippen molar-refractivity contribution >= 4 is 63.2 Å². The van der Waals surface area contributed by atoms with Crippen LogP contribution in [0.3, 0.4) is 0 Å². The molecule has 2 aromatic heterocycles. The van der Waals surface area contributed by atoms with Crippen molar-refractivity contribution in [3.05, 3.63) is 22.3 Å². The molecule has 1 amide bonds. The molecule has 2 rings (SSSR count). The second kappa shape index (κ2) is 8.52. The minimum absolute atomic E-state index is 0.197. The lowest BCUT2D eigenvalue weighted by molar-refractivity contribution is -0.113. The third-order valence-electron chi connectivity index (χ3n) is 2.33. The van der Waals surface area contributed by atoms with Crippen LogP contribution < -0.4 is 10.6 Å². The van der Waals surface area contributed by atoms with Gasteiger partial charge in [0, 0.05) is 12.7 Å². The van der Waals surface area contributed by atoms with Gasteiger partial charge in [0.05, 0.1) is 15.8 Å². The molecule has 0 spiro atoms. The van der Waals surface area contributed by atoms with Crippen molar-refractivity contribution in [2.45, 2.75) is 17.7 Å². The third kappa shape index (κ3) is 5.28. The van der Waals surface area contributed by atoms with E-state index in [-0.39, 0.29) is 11.7 Å². The third-order valence-corrected chi connectivity index (χ3v) is 4.83. The van der Waals surface area contributed by atoms with Crippen molar-refractivity contribution in [3.63, 3.8) is 0 Å². The Labute approximate surface area is 146 Å². The van der Waals surface area contributed by atoms with Crippen LogP contribution in [0.25, 0.3) is 0 Å². The number of rotatable bonds is 7. The lowest BCUT2D eigenvalue weighted by Crippen LogP contribution is -2.15. The highest BCUT2D eigenvalue weighted by atomic mass is 35.5. The summed E-state index contributed by atoms with van der Waals surface area (Å²) in [6, 6.07) is 1.52. The van der Waals surface area contributed by atoms with Crippen molar-refractivity contribution in [2.75, 3.05) is 22.9 Å². The first kappa shape index (κ1) is 17.3. The van der Waals surface area contributed by atoms with E-state index in [2.05, 4.69) is 32.7 Å². The maximum Gasteiger partial charge on any atom is 0.236 e. The molecule has 22 heavy (non-hydrogen) atoms. The second-order valence-corrected chi connectivity index (χ2v) is 7.16. The normalized spacial score (nSPS) is 10.5. The van der Waals surface area contributed by atoms with Crippen molar-refractivity contribution in [1.82, 2.24) is 15.2 Å². The lowest BCUT2D eigenvalue weighted by Gasteiger charge is -2.05. The van der Waals surface area contributed by atoms with E-state index in [4.69, 9.17) is 23.2 Å². The number of anilines is 2. The van der Waals surface area contributed by atoms with Gasteiger partial charge in [-0.3, -0.25) is 4.79 Å². The van der Waals surface area contributed by atoms with Crippen LogP contribution in [-0.4, -0.2) is 33.4 Å². The number of thioether (sulfide) groups is 1. The number of pyridine rings is 1. The molecule has 6 nitrogen and oxygen atoms in total. The van der Waals surface area contributed by atoms with Gasteiger partial charge in [-0.1, -0.05) is 53.2 Å². The monoisotopic (exact) mass is 377 g/mol. The van der Waals surface area contributed by atoms with Crippen LogP contribution in [0.4, 0.5) is 10.9 Å². The summed E-state index contributed by atoms with van der Waals surface area (Å²) in [5.74, 6) is 0.266. The highest BCUT2D eigenvalue weighted by Gasteiger charge is 2.10. The molecule has 0 saturated heterocycles. The quantitative estimate of drug-likeness (QED) is 0.714. The molecule has 0 aromatic carbocycles. The number of nitrogens with zero attached hydrogens (tertiary/aromatic N) is 3. The van der Waals surface area contributed by atoms with Gasteiger partial charge in [0.2, 0.25) is 11.0 Å². The fraction of sp³-hybridized carbons (Fsp3) is 0.333. The van der Waals surface area contributed by atoms with Gasteiger partial charge in [-0.2, -0.15) is 0 Å². The van der Waals surface area contributed by atoms with Gasteiger partial charge in [0.25, 0.3) is 0 Å². The minimum Gasteiger partial charge on any atom is -0.360 e. The molecule has 0 bridgehead atoms. The number of halogens is 2. The molecule has 0 unspecified atom stereocenters. The molecule has 0 fully saturated rings. The van der Waals surface area contributed by atoms with Gasteiger partial charge in [-0.15, -0.1) is 10.2 Å². The van der Waals surface area contributed by atoms with E-state index in [9.17, 15) is 4.79 Å². The average Bonchev–Trinajstić information content (AvgIpc) is 2.94. The molecule has 0 aliphatic heterocycles. The molecule has 2 aromatic rings. The highest BCUT2D eigenvalue weighted by Crippen LogP contribution is 2.26. The van der Waals surface area contributed by atoms with Gasteiger partial charge < -0.3 is 10.6 Å². The molecule has 118 valence electrons. The van der Waals surface area contributed by atoms with Crippen LogP contribution in [0.15, 0.2) is 16.6 Å². The zero-order valence-electron chi connectivity index (χ0n) is 11.6. The SMILES string of the molecule is CCCNc1nnc(SCC(=O)Nc2ncc(Cl)cc2Cl)s1. The van der Waals surface area contributed by atoms with Crippen LogP contribution in [0, 0.1) is 0 Å². The largest absolute Gasteiger partial charge is 0.360 e. The molecule has 2 heterocycles. The molecule has 0 saturated carbocycles. The van der Waals surface area contributed by atoms with Crippen LogP contribution in [0.1, 0.15) is 13.3 Å². The Balaban J connectivity index is 1.83. The van der Waals surface area contributed by atoms with E-state index in [1.54, 1.807) is 0 Å². The lowest BCUT2D eigenvalue weighted by atomic mass is 10.4. The fourth-order valence-corrected chi connectivity index (χ4v) is 3.38. The highest BCUT2D eigenvalue weighted by molar-refractivity contribution is 8.01. The van der Waals surface area contributed by atoms with Gasteiger partial charge in [-0.25, -0.2) is 4.98 Å². The molecule has 2 N–H and O–H groups in total. The molecule has 0 aliphatic rings. The first-order chi connectivity index (χ1) is 10.6. The van der Waals surface area contributed by atoms with Gasteiger partial charge in [-0.05, 0) is 12.5 Å². The summed E-state index contributed by atoms with van der Waals surface area (Å²) in [4.78, 5) is 15.8. The van der Waals surface area contributed by atoms with Crippen molar-refractivity contribution in [3.8, 4) is 0 Å². The predicted octanol–water partition coefficient (Wildman–Crippen LogP) is 3.79. The van der Waals surface area contributed by atoms with Crippen molar-refractivity contribution in [1.29, 1.82) is 0 Å². The maximum atomic E-state index is 11.9. The van der Waals surface area contributed by atoms with E-state index >= 15 is 0 Å². The first-order valence-corrected chi connectivity index (χ1v) is 8.95. The number of carbonyl (C=O) groups excluding carboxylic acids is 1. The Morgan fingerprint density at radius 3 is 2.95 bits per heavy atom. The first-order valence-electron chi connectivity index (χ1n) is 6.39. The second-order valence-electron chi connectivity index (χ2n) is 4.12. The Morgan fingerprint density at radius 1 is 1.41 bits per heavy atom. The van der Waals surface area contributed by atoms with Crippen LogP contribution in [0.2, 0.25) is 10.0 Å². The minimum atomic E-state index is -0.222. The van der Waals surface area contributed by atoms with Crippen LogP contribution >= 0.6 is 46.3 Å². The van der Waals surface area contributed by atoms with Crippen LogP contribution in [0.5, 0.6) is 0 Å². The number of nitrogens with one attached hydrogen (secondary N) is 2. The van der Waals surface area contributed by atoms with E-state index < -0.39 is 0 Å². The molecular weight excluding hydrogens is 365 g/mol. The maximum absolute atomic E-state index is 11.9. The van der Waals surface area contributed by atoms with Gasteiger partial charge >= 0.3 is 0 Å². The fourth-order valence-electron chi connectivity index (χ4n) is 1.37. The molecule has 0 atom stereocenters. The van der Waals surface area contributed by atoms with Crippen molar-refractivity contribution < 1.29 is 4.79 Å². The molecule has 0 aliphatic carbocycles. The number of aromatic nitrogens is 3. The number of hydrogen-bond donors (Lipinski definition) is 2. The zero-order valence-corrected chi connectivity index (χ0v) is 14.7. The van der Waals surface area contributed by atoms with E-state index in [1.807, 2.05) is 0 Å². The summed E-state index contributed by atoms with van der Waals surface area (Å²) in [6.07, 6.45) is 2.44. The summed E-state index contributed by atoms with van der Waals surface area (Å²) in [5, 5.41) is 15.2. The summed E-state index contributed by atoms with van der Waals surface area (Å²) in [6.45, 7) is 2.92. The van der Waals surface area contributed by atoms with E-state index in [1.165, 1.54) is 35.4 Å². The predicted molar refractivity (Wildman–Crippen MR) is 92.3 cm³/mol. The number of amides is 1. The summed E-state index contributed by atoms with van der Waals surface area (Å²) in [7, 11) is 0. The molecular formula is C12H13Cl2N5OS2. The Bertz CT molecular complexity index is 652. The standard InChI is InChI=1S/C12H13Cl2N5OS2/c1-2-3-15-11-18-19-12(22-11)21-6-9(20)17-10-8(14)4-7(13)5-16-10/h4-5H,2-3,6H2,1H3,(H,15,18)(H,16,17,20). The average molecular weight is 378 g/mol. The summed E-state index contributed by atoms with van der Waals surface area (Å²) in [5.41, 5.74) is 0. The smallest absolute Gasteiger partial charge is 0.236 e. The zero-order chi connectivity index (χ0) is 15.9. The Kier molecular flexibility index (Phi) is 6.69. The summed E-state index contributed by atoms with van der Waals surface area (Å²) >= 11 is 14.4. The molecule has 0 radical (unpaired) electrons. The number of carbonyl (C=O) groups is 1. The van der Waals surface area contributed by atoms with Gasteiger partial charge in [0.1, 0.15) is 0 Å². The van der Waals surface area contributed by atoms with Crippen molar-refractivity contribution in [2.24, 2.45) is 0 Å². The number of hydrogen-bond acceptors (Lipinski definition) is 7.